The molecule has 0 unspecified atom stereocenters. The number of carbonyl (C=O) groups is 1. The van der Waals surface area contributed by atoms with Crippen LogP contribution in [0.4, 0.5) is 11.4 Å². The first kappa shape index (κ1) is 18.7. The van der Waals surface area contributed by atoms with Crippen LogP contribution in [0.25, 0.3) is 0 Å². The average Bonchev–Trinajstić information content (AvgIpc) is 3.00. The van der Waals surface area contributed by atoms with Crippen molar-refractivity contribution in [3.63, 3.8) is 0 Å². The predicted molar refractivity (Wildman–Crippen MR) is 98.9 cm³/mol. The SMILES string of the molecule is CC(C)c1cccc(OCC(=O)Nc2cc3c(cc2N)OCO3)c1.Cl. The van der Waals surface area contributed by atoms with E-state index in [1.165, 1.54) is 0 Å². The van der Waals surface area contributed by atoms with Crippen molar-refractivity contribution < 1.29 is 19.0 Å². The second-order valence-corrected chi connectivity index (χ2v) is 5.86. The Kier molecular flexibility index (Phi) is 5.98. The Balaban J connectivity index is 0.00000225. The topological polar surface area (TPSA) is 82.8 Å². The van der Waals surface area contributed by atoms with Crippen molar-refractivity contribution in [3.8, 4) is 17.2 Å². The third-order valence-electron chi connectivity index (χ3n) is 3.71. The largest absolute Gasteiger partial charge is 0.484 e. The molecule has 0 radical (unpaired) electrons. The number of ether oxygens (including phenoxy) is 3. The summed E-state index contributed by atoms with van der Waals surface area (Å²) in [5, 5.41) is 2.72. The number of hydrogen-bond acceptors (Lipinski definition) is 5. The average molecular weight is 365 g/mol. The molecule has 2 aromatic carbocycles. The molecule has 2 aromatic rings. The molecule has 6 nitrogen and oxygen atoms in total. The van der Waals surface area contributed by atoms with Crippen molar-refractivity contribution in [2.45, 2.75) is 19.8 Å². The van der Waals surface area contributed by atoms with E-state index in [0.29, 0.717) is 34.5 Å². The van der Waals surface area contributed by atoms with Crippen LogP contribution >= 0.6 is 12.4 Å². The molecule has 0 spiro atoms. The van der Waals surface area contributed by atoms with Gasteiger partial charge in [-0.15, -0.1) is 12.4 Å². The van der Waals surface area contributed by atoms with Gasteiger partial charge in [-0.3, -0.25) is 4.79 Å². The predicted octanol–water partition coefficient (Wildman–Crippen LogP) is 3.56. The molecule has 3 rings (SSSR count). The lowest BCUT2D eigenvalue weighted by molar-refractivity contribution is -0.118. The van der Waals surface area contributed by atoms with Gasteiger partial charge in [-0.05, 0) is 23.6 Å². The number of nitrogens with two attached hydrogens (primary N) is 1. The number of benzene rings is 2. The number of carbonyl (C=O) groups excluding carboxylic acids is 1. The van der Waals surface area contributed by atoms with Crippen LogP contribution in [0.5, 0.6) is 17.2 Å². The monoisotopic (exact) mass is 364 g/mol. The van der Waals surface area contributed by atoms with E-state index in [2.05, 4.69) is 19.2 Å². The zero-order valence-corrected chi connectivity index (χ0v) is 14.9. The Morgan fingerprint density at radius 2 is 1.96 bits per heavy atom. The first-order valence-electron chi connectivity index (χ1n) is 7.74. The Morgan fingerprint density at radius 3 is 2.68 bits per heavy atom. The molecule has 0 aliphatic carbocycles. The van der Waals surface area contributed by atoms with E-state index in [9.17, 15) is 4.79 Å². The minimum Gasteiger partial charge on any atom is -0.484 e. The summed E-state index contributed by atoms with van der Waals surface area (Å²) in [7, 11) is 0. The molecule has 134 valence electrons. The summed E-state index contributed by atoms with van der Waals surface area (Å²) in [4.78, 5) is 12.1. The number of halogens is 1. The first-order chi connectivity index (χ1) is 11.5. The lowest BCUT2D eigenvalue weighted by Gasteiger charge is -2.11. The van der Waals surface area contributed by atoms with Crippen molar-refractivity contribution in [1.29, 1.82) is 0 Å². The summed E-state index contributed by atoms with van der Waals surface area (Å²) in [5.74, 6) is 1.90. The van der Waals surface area contributed by atoms with Gasteiger partial charge >= 0.3 is 0 Å². The second kappa shape index (κ2) is 7.98. The fourth-order valence-electron chi connectivity index (χ4n) is 2.36. The molecule has 0 atom stereocenters. The Hall–Kier alpha value is -2.60. The quantitative estimate of drug-likeness (QED) is 0.792. The van der Waals surface area contributed by atoms with Gasteiger partial charge in [-0.2, -0.15) is 0 Å². The number of fused-ring (bicyclic) bond motifs is 1. The fraction of sp³-hybridized carbons (Fsp3) is 0.278. The maximum atomic E-state index is 12.1. The van der Waals surface area contributed by atoms with Crippen LogP contribution in [-0.4, -0.2) is 19.3 Å². The fourth-order valence-corrected chi connectivity index (χ4v) is 2.36. The van der Waals surface area contributed by atoms with Crippen LogP contribution in [0.15, 0.2) is 36.4 Å². The van der Waals surface area contributed by atoms with E-state index in [-0.39, 0.29) is 31.7 Å². The van der Waals surface area contributed by atoms with E-state index in [4.69, 9.17) is 19.9 Å². The van der Waals surface area contributed by atoms with E-state index >= 15 is 0 Å². The van der Waals surface area contributed by atoms with Crippen molar-refractivity contribution in [2.75, 3.05) is 24.5 Å². The van der Waals surface area contributed by atoms with Crippen molar-refractivity contribution in [3.05, 3.63) is 42.0 Å². The highest BCUT2D eigenvalue weighted by atomic mass is 35.5. The minimum atomic E-state index is -0.296. The highest BCUT2D eigenvalue weighted by molar-refractivity contribution is 5.95. The number of nitrogens with one attached hydrogen (secondary N) is 1. The van der Waals surface area contributed by atoms with Crippen LogP contribution in [0, 0.1) is 0 Å². The van der Waals surface area contributed by atoms with E-state index < -0.39 is 0 Å². The van der Waals surface area contributed by atoms with Crippen LogP contribution in [0.3, 0.4) is 0 Å². The second-order valence-electron chi connectivity index (χ2n) is 5.86. The number of hydrogen-bond donors (Lipinski definition) is 2. The number of amides is 1. The summed E-state index contributed by atoms with van der Waals surface area (Å²) in [6.07, 6.45) is 0. The number of anilines is 2. The van der Waals surface area contributed by atoms with Crippen molar-refractivity contribution in [2.24, 2.45) is 0 Å². The molecule has 7 heteroatoms. The van der Waals surface area contributed by atoms with E-state index in [1.54, 1.807) is 12.1 Å². The maximum Gasteiger partial charge on any atom is 0.262 e. The first-order valence-corrected chi connectivity index (χ1v) is 7.74. The molecular weight excluding hydrogens is 344 g/mol. The Bertz CT molecular complexity index is 765. The summed E-state index contributed by atoms with van der Waals surface area (Å²) in [6, 6.07) is 11.0. The number of nitrogen functional groups attached to an aromatic ring is 1. The smallest absolute Gasteiger partial charge is 0.262 e. The van der Waals surface area contributed by atoms with Gasteiger partial charge in [0, 0.05) is 12.1 Å². The summed E-state index contributed by atoms with van der Waals surface area (Å²) in [5.41, 5.74) is 7.96. The van der Waals surface area contributed by atoms with Crippen LogP contribution in [-0.2, 0) is 4.79 Å². The molecule has 1 aliphatic rings. The Labute approximate surface area is 152 Å². The van der Waals surface area contributed by atoms with Gasteiger partial charge in [0.2, 0.25) is 6.79 Å². The minimum absolute atomic E-state index is 0. The maximum absolute atomic E-state index is 12.1. The third kappa shape index (κ3) is 4.48. The molecule has 3 N–H and O–H groups in total. The van der Waals surface area contributed by atoms with Gasteiger partial charge in [0.05, 0.1) is 11.4 Å². The zero-order valence-electron chi connectivity index (χ0n) is 14.1. The highest BCUT2D eigenvalue weighted by Gasteiger charge is 2.17. The zero-order chi connectivity index (χ0) is 17.1. The van der Waals surface area contributed by atoms with Crippen molar-refractivity contribution >= 4 is 29.7 Å². The molecule has 1 heterocycles. The lowest BCUT2D eigenvalue weighted by atomic mass is 10.0. The highest BCUT2D eigenvalue weighted by Crippen LogP contribution is 2.38. The van der Waals surface area contributed by atoms with Crippen LogP contribution < -0.4 is 25.3 Å². The molecule has 0 saturated carbocycles. The summed E-state index contributed by atoms with van der Waals surface area (Å²) >= 11 is 0. The summed E-state index contributed by atoms with van der Waals surface area (Å²) in [6.45, 7) is 4.26. The van der Waals surface area contributed by atoms with Crippen molar-refractivity contribution in [1.82, 2.24) is 0 Å². The molecule has 0 bridgehead atoms. The standard InChI is InChI=1S/C18H20N2O4.ClH/c1-11(2)12-4-3-5-13(6-12)22-9-18(21)20-15-8-17-16(7-14(15)19)23-10-24-17;/h3-8,11H,9-10,19H2,1-2H3,(H,20,21);1H. The van der Waals surface area contributed by atoms with Gasteiger partial charge in [0.15, 0.2) is 18.1 Å². The Morgan fingerprint density at radius 1 is 1.24 bits per heavy atom. The molecule has 1 aliphatic heterocycles. The van der Waals surface area contributed by atoms with Gasteiger partial charge < -0.3 is 25.3 Å². The summed E-state index contributed by atoms with van der Waals surface area (Å²) < 4.78 is 16.1. The van der Waals surface area contributed by atoms with Gasteiger partial charge in [0.1, 0.15) is 5.75 Å². The normalized spacial score (nSPS) is 11.8. The molecule has 1 amide bonds. The van der Waals surface area contributed by atoms with E-state index in [1.807, 2.05) is 24.3 Å². The van der Waals surface area contributed by atoms with Crippen LogP contribution in [0.1, 0.15) is 25.3 Å². The lowest BCUT2D eigenvalue weighted by Crippen LogP contribution is -2.20. The van der Waals surface area contributed by atoms with Gasteiger partial charge in [0.25, 0.3) is 5.91 Å². The van der Waals surface area contributed by atoms with E-state index in [0.717, 1.165) is 5.56 Å². The molecular formula is C18H21ClN2O4. The molecule has 0 fully saturated rings. The molecule has 0 aromatic heterocycles. The van der Waals surface area contributed by atoms with Crippen LogP contribution in [0.2, 0.25) is 0 Å². The van der Waals surface area contributed by atoms with Gasteiger partial charge in [-0.25, -0.2) is 0 Å². The molecule has 25 heavy (non-hydrogen) atoms. The number of rotatable bonds is 5. The molecule has 0 saturated heterocycles. The third-order valence-corrected chi connectivity index (χ3v) is 3.71. The van der Waals surface area contributed by atoms with Gasteiger partial charge in [-0.1, -0.05) is 26.0 Å².